The van der Waals surface area contributed by atoms with Crippen molar-refractivity contribution in [2.24, 2.45) is 0 Å². The summed E-state index contributed by atoms with van der Waals surface area (Å²) < 4.78 is 5.84. The van der Waals surface area contributed by atoms with Gasteiger partial charge in [-0.1, -0.05) is 48.9 Å². The van der Waals surface area contributed by atoms with E-state index in [1.807, 2.05) is 25.1 Å². The van der Waals surface area contributed by atoms with Crippen LogP contribution >= 0.6 is 11.6 Å². The molecule has 2 aromatic carbocycles. The maximum absolute atomic E-state index is 12.7. The van der Waals surface area contributed by atoms with Crippen molar-refractivity contribution in [2.75, 3.05) is 0 Å². The summed E-state index contributed by atoms with van der Waals surface area (Å²) in [6.45, 7) is 1.95. The standard InChI is InChI=1S/C20H22ClNO2/c1-2-19(24-16-10-6-9-15(21)13-16)20(23)22-18-12-5-8-14-7-3-4-11-17(14)18/h3-4,6-7,9-11,13,18-19H,2,5,8,12H2,1H3,(H,22,23)/t18-,19+/m0/s1. The van der Waals surface area contributed by atoms with Gasteiger partial charge in [0.25, 0.3) is 5.91 Å². The van der Waals surface area contributed by atoms with Gasteiger partial charge in [-0.25, -0.2) is 0 Å². The highest BCUT2D eigenvalue weighted by Gasteiger charge is 2.25. The van der Waals surface area contributed by atoms with Crippen molar-refractivity contribution in [3.05, 3.63) is 64.7 Å². The third-order valence-electron chi connectivity index (χ3n) is 4.42. The zero-order valence-corrected chi connectivity index (χ0v) is 14.6. The number of aryl methyl sites for hydroxylation is 1. The van der Waals surface area contributed by atoms with Crippen LogP contribution < -0.4 is 10.1 Å². The zero-order chi connectivity index (χ0) is 16.9. The van der Waals surface area contributed by atoms with Gasteiger partial charge in [-0.05, 0) is 55.0 Å². The van der Waals surface area contributed by atoms with Gasteiger partial charge in [0.15, 0.2) is 6.10 Å². The topological polar surface area (TPSA) is 38.3 Å². The maximum Gasteiger partial charge on any atom is 0.261 e. The molecule has 0 aliphatic heterocycles. The van der Waals surface area contributed by atoms with Crippen LogP contribution in [0.5, 0.6) is 5.75 Å². The molecule has 0 heterocycles. The molecule has 24 heavy (non-hydrogen) atoms. The maximum atomic E-state index is 12.7. The lowest BCUT2D eigenvalue weighted by molar-refractivity contribution is -0.129. The van der Waals surface area contributed by atoms with Gasteiger partial charge in [0.05, 0.1) is 6.04 Å². The van der Waals surface area contributed by atoms with E-state index in [0.717, 1.165) is 19.3 Å². The number of nitrogens with one attached hydrogen (secondary N) is 1. The van der Waals surface area contributed by atoms with Crippen molar-refractivity contribution in [3.8, 4) is 5.75 Å². The molecule has 0 aromatic heterocycles. The Labute approximate surface area is 148 Å². The highest BCUT2D eigenvalue weighted by Crippen LogP contribution is 2.29. The Morgan fingerprint density at radius 3 is 2.92 bits per heavy atom. The minimum absolute atomic E-state index is 0.0689. The molecule has 0 fully saturated rings. The highest BCUT2D eigenvalue weighted by atomic mass is 35.5. The number of benzene rings is 2. The van der Waals surface area contributed by atoms with Crippen LogP contribution in [0.25, 0.3) is 0 Å². The molecule has 3 nitrogen and oxygen atoms in total. The average Bonchev–Trinajstić information content (AvgIpc) is 2.60. The largest absolute Gasteiger partial charge is 0.481 e. The summed E-state index contributed by atoms with van der Waals surface area (Å²) in [6.07, 6.45) is 3.23. The third kappa shape index (κ3) is 3.90. The van der Waals surface area contributed by atoms with Crippen LogP contribution in [0.1, 0.15) is 43.4 Å². The summed E-state index contributed by atoms with van der Waals surface area (Å²) >= 11 is 5.98. The molecule has 4 heteroatoms. The first-order valence-electron chi connectivity index (χ1n) is 8.47. The summed E-state index contributed by atoms with van der Waals surface area (Å²) in [4.78, 5) is 12.7. The molecule has 1 aliphatic rings. The number of fused-ring (bicyclic) bond motifs is 1. The lowest BCUT2D eigenvalue weighted by atomic mass is 9.87. The lowest BCUT2D eigenvalue weighted by Gasteiger charge is -2.28. The molecule has 1 aliphatic carbocycles. The Bertz CT molecular complexity index is 716. The first-order chi connectivity index (χ1) is 11.7. The molecule has 0 radical (unpaired) electrons. The molecule has 0 saturated carbocycles. The van der Waals surface area contributed by atoms with Crippen LogP contribution in [0.15, 0.2) is 48.5 Å². The predicted octanol–water partition coefficient (Wildman–Crippen LogP) is 4.69. The van der Waals surface area contributed by atoms with Crippen molar-refractivity contribution in [3.63, 3.8) is 0 Å². The van der Waals surface area contributed by atoms with E-state index in [1.165, 1.54) is 11.1 Å². The summed E-state index contributed by atoms with van der Waals surface area (Å²) in [5.74, 6) is 0.549. The van der Waals surface area contributed by atoms with E-state index in [-0.39, 0.29) is 11.9 Å². The molecule has 0 spiro atoms. The molecular formula is C20H22ClNO2. The summed E-state index contributed by atoms with van der Waals surface area (Å²) in [5, 5.41) is 3.76. The Balaban J connectivity index is 1.69. The van der Waals surface area contributed by atoms with Crippen molar-refractivity contribution in [1.82, 2.24) is 5.32 Å². The van der Waals surface area contributed by atoms with E-state index in [2.05, 4.69) is 23.5 Å². The van der Waals surface area contributed by atoms with Crippen LogP contribution in [0.4, 0.5) is 0 Å². The number of carbonyl (C=O) groups excluding carboxylic acids is 1. The van der Waals surface area contributed by atoms with Crippen molar-refractivity contribution in [2.45, 2.75) is 44.8 Å². The molecule has 3 rings (SSSR count). The van der Waals surface area contributed by atoms with Crippen molar-refractivity contribution < 1.29 is 9.53 Å². The molecule has 2 atom stereocenters. The Morgan fingerprint density at radius 1 is 1.29 bits per heavy atom. The Morgan fingerprint density at radius 2 is 2.12 bits per heavy atom. The first-order valence-corrected chi connectivity index (χ1v) is 8.85. The summed E-state index contributed by atoms with van der Waals surface area (Å²) in [6, 6.07) is 15.6. The number of hydrogen-bond donors (Lipinski definition) is 1. The van der Waals surface area contributed by atoms with Gasteiger partial charge < -0.3 is 10.1 Å². The van der Waals surface area contributed by atoms with Crippen LogP contribution in [0.3, 0.4) is 0 Å². The van der Waals surface area contributed by atoms with Crippen molar-refractivity contribution in [1.29, 1.82) is 0 Å². The molecule has 1 amide bonds. The second-order valence-corrected chi connectivity index (χ2v) is 6.56. The Hall–Kier alpha value is -2.00. The van der Waals surface area contributed by atoms with Gasteiger partial charge >= 0.3 is 0 Å². The molecular weight excluding hydrogens is 322 g/mol. The monoisotopic (exact) mass is 343 g/mol. The van der Waals surface area contributed by atoms with Crippen LogP contribution in [0, 0.1) is 0 Å². The first kappa shape index (κ1) is 16.8. The predicted molar refractivity (Wildman–Crippen MR) is 96.4 cm³/mol. The highest BCUT2D eigenvalue weighted by molar-refractivity contribution is 6.30. The fourth-order valence-electron chi connectivity index (χ4n) is 3.20. The van der Waals surface area contributed by atoms with E-state index in [1.54, 1.807) is 12.1 Å². The number of hydrogen-bond acceptors (Lipinski definition) is 2. The number of carbonyl (C=O) groups is 1. The molecule has 0 unspecified atom stereocenters. The van der Waals surface area contributed by atoms with Gasteiger partial charge in [0, 0.05) is 5.02 Å². The number of amides is 1. The second-order valence-electron chi connectivity index (χ2n) is 6.12. The summed E-state index contributed by atoms with van der Waals surface area (Å²) in [5.41, 5.74) is 2.56. The smallest absolute Gasteiger partial charge is 0.261 e. The molecule has 0 saturated heterocycles. The SMILES string of the molecule is CC[C@@H](Oc1cccc(Cl)c1)C(=O)N[C@H]1CCCc2ccccc21. The van der Waals surface area contributed by atoms with E-state index >= 15 is 0 Å². The van der Waals surface area contributed by atoms with Crippen molar-refractivity contribution >= 4 is 17.5 Å². The van der Waals surface area contributed by atoms with Gasteiger partial charge in [0.1, 0.15) is 5.75 Å². The fourth-order valence-corrected chi connectivity index (χ4v) is 3.38. The van der Waals surface area contributed by atoms with Crippen LogP contribution in [-0.4, -0.2) is 12.0 Å². The van der Waals surface area contributed by atoms with E-state index < -0.39 is 6.10 Å². The molecule has 1 N–H and O–H groups in total. The average molecular weight is 344 g/mol. The molecule has 126 valence electrons. The quantitative estimate of drug-likeness (QED) is 0.855. The normalized spacial score (nSPS) is 17.7. The number of ether oxygens (including phenoxy) is 1. The van der Waals surface area contributed by atoms with E-state index in [9.17, 15) is 4.79 Å². The summed E-state index contributed by atoms with van der Waals surface area (Å²) in [7, 11) is 0. The van der Waals surface area contributed by atoms with Gasteiger partial charge in [0.2, 0.25) is 0 Å². The van der Waals surface area contributed by atoms with Gasteiger partial charge in [-0.2, -0.15) is 0 Å². The lowest BCUT2D eigenvalue weighted by Crippen LogP contribution is -2.40. The number of halogens is 1. The molecule has 0 bridgehead atoms. The van der Waals surface area contributed by atoms with Gasteiger partial charge in [-0.15, -0.1) is 0 Å². The third-order valence-corrected chi connectivity index (χ3v) is 4.66. The van der Waals surface area contributed by atoms with Crippen LogP contribution in [0.2, 0.25) is 5.02 Å². The second kappa shape index (κ2) is 7.71. The van der Waals surface area contributed by atoms with E-state index in [0.29, 0.717) is 17.2 Å². The fraction of sp³-hybridized carbons (Fsp3) is 0.350. The zero-order valence-electron chi connectivity index (χ0n) is 13.8. The Kier molecular flexibility index (Phi) is 5.41. The molecule has 2 aromatic rings. The van der Waals surface area contributed by atoms with Crippen LogP contribution in [-0.2, 0) is 11.2 Å². The number of rotatable bonds is 5. The minimum atomic E-state index is -0.516. The minimum Gasteiger partial charge on any atom is -0.481 e. The van der Waals surface area contributed by atoms with Gasteiger partial charge in [-0.3, -0.25) is 4.79 Å². The van der Waals surface area contributed by atoms with E-state index in [4.69, 9.17) is 16.3 Å².